The van der Waals surface area contributed by atoms with Crippen molar-refractivity contribution in [1.82, 2.24) is 4.98 Å². The maximum Gasteiger partial charge on any atom is 0.0725 e. The van der Waals surface area contributed by atoms with E-state index in [0.717, 1.165) is 16.6 Å². The second-order valence-corrected chi connectivity index (χ2v) is 3.83. The predicted octanol–water partition coefficient (Wildman–Crippen LogP) is 2.94. The van der Waals surface area contributed by atoms with E-state index >= 15 is 0 Å². The van der Waals surface area contributed by atoms with Gasteiger partial charge in [0.25, 0.3) is 0 Å². The molecule has 2 nitrogen and oxygen atoms in total. The van der Waals surface area contributed by atoms with Crippen molar-refractivity contribution in [3.63, 3.8) is 0 Å². The molecule has 2 heteroatoms. The summed E-state index contributed by atoms with van der Waals surface area (Å²) < 4.78 is 0. The van der Waals surface area contributed by atoms with E-state index in [-0.39, 0.29) is 0 Å². The first-order valence-corrected chi connectivity index (χ1v) is 4.82. The third kappa shape index (κ3) is 1.43. The van der Waals surface area contributed by atoms with Gasteiger partial charge >= 0.3 is 0 Å². The number of benzene rings is 1. The Labute approximate surface area is 83.8 Å². The fourth-order valence-corrected chi connectivity index (χ4v) is 1.55. The summed E-state index contributed by atoms with van der Waals surface area (Å²) in [6, 6.07) is 8.10. The first-order chi connectivity index (χ1) is 6.68. The van der Waals surface area contributed by atoms with Gasteiger partial charge in [0.05, 0.1) is 5.52 Å². The SMILES string of the molecule is CC(C)c1ccc2c(N)ccnc2c1. The maximum atomic E-state index is 5.84. The number of aromatic nitrogens is 1. The molecule has 0 amide bonds. The highest BCUT2D eigenvalue weighted by atomic mass is 14.7. The van der Waals surface area contributed by atoms with E-state index in [1.54, 1.807) is 6.20 Å². The number of nitrogens with zero attached hydrogens (tertiary/aromatic N) is 1. The van der Waals surface area contributed by atoms with Crippen LogP contribution in [0.5, 0.6) is 0 Å². The Hall–Kier alpha value is -1.57. The molecule has 14 heavy (non-hydrogen) atoms. The van der Waals surface area contributed by atoms with Crippen LogP contribution in [-0.4, -0.2) is 4.98 Å². The van der Waals surface area contributed by atoms with Gasteiger partial charge in [0.2, 0.25) is 0 Å². The van der Waals surface area contributed by atoms with E-state index in [9.17, 15) is 0 Å². The van der Waals surface area contributed by atoms with Crippen molar-refractivity contribution < 1.29 is 0 Å². The number of nitrogen functional groups attached to an aromatic ring is 1. The zero-order valence-corrected chi connectivity index (χ0v) is 8.49. The zero-order chi connectivity index (χ0) is 10.1. The topological polar surface area (TPSA) is 38.9 Å². The molecular formula is C12H14N2. The van der Waals surface area contributed by atoms with E-state index in [1.807, 2.05) is 12.1 Å². The molecule has 0 unspecified atom stereocenters. The van der Waals surface area contributed by atoms with Crippen molar-refractivity contribution in [2.45, 2.75) is 19.8 Å². The molecule has 1 aromatic heterocycles. The van der Waals surface area contributed by atoms with Crippen molar-refractivity contribution >= 4 is 16.6 Å². The van der Waals surface area contributed by atoms with Crippen LogP contribution in [0.2, 0.25) is 0 Å². The van der Waals surface area contributed by atoms with Gasteiger partial charge in [-0.3, -0.25) is 4.98 Å². The minimum absolute atomic E-state index is 0.530. The van der Waals surface area contributed by atoms with Crippen LogP contribution in [0.4, 0.5) is 5.69 Å². The molecule has 1 heterocycles. The molecule has 1 aromatic carbocycles. The predicted molar refractivity (Wildman–Crippen MR) is 60.2 cm³/mol. The second kappa shape index (κ2) is 3.29. The summed E-state index contributed by atoms with van der Waals surface area (Å²) in [4.78, 5) is 4.31. The summed E-state index contributed by atoms with van der Waals surface area (Å²) in [5.74, 6) is 0.530. The monoisotopic (exact) mass is 186 g/mol. The summed E-state index contributed by atoms with van der Waals surface area (Å²) in [5.41, 5.74) is 8.92. The molecule has 72 valence electrons. The number of anilines is 1. The van der Waals surface area contributed by atoms with Crippen molar-refractivity contribution in [3.05, 3.63) is 36.0 Å². The smallest absolute Gasteiger partial charge is 0.0725 e. The average Bonchev–Trinajstić information content (AvgIpc) is 2.17. The molecule has 0 aliphatic carbocycles. The van der Waals surface area contributed by atoms with Crippen molar-refractivity contribution in [3.8, 4) is 0 Å². The molecule has 0 atom stereocenters. The molecule has 0 fully saturated rings. The Kier molecular flexibility index (Phi) is 2.12. The molecule has 0 bridgehead atoms. The molecule has 2 rings (SSSR count). The van der Waals surface area contributed by atoms with E-state index in [1.165, 1.54) is 5.56 Å². The third-order valence-corrected chi connectivity index (χ3v) is 2.47. The number of hydrogen-bond donors (Lipinski definition) is 1. The van der Waals surface area contributed by atoms with Crippen LogP contribution >= 0.6 is 0 Å². The second-order valence-electron chi connectivity index (χ2n) is 3.83. The van der Waals surface area contributed by atoms with Crippen molar-refractivity contribution in [1.29, 1.82) is 0 Å². The Morgan fingerprint density at radius 1 is 1.21 bits per heavy atom. The Morgan fingerprint density at radius 2 is 2.00 bits per heavy atom. The van der Waals surface area contributed by atoms with E-state index in [2.05, 4.69) is 31.0 Å². The highest BCUT2D eigenvalue weighted by molar-refractivity contribution is 5.90. The van der Waals surface area contributed by atoms with E-state index in [4.69, 9.17) is 5.73 Å². The first-order valence-electron chi connectivity index (χ1n) is 4.82. The molecule has 2 aromatic rings. The molecule has 0 saturated carbocycles. The lowest BCUT2D eigenvalue weighted by Crippen LogP contribution is -1.91. The van der Waals surface area contributed by atoms with E-state index in [0.29, 0.717) is 5.92 Å². The molecule has 0 radical (unpaired) electrons. The Morgan fingerprint density at radius 3 is 2.71 bits per heavy atom. The number of rotatable bonds is 1. The molecule has 0 aliphatic rings. The van der Waals surface area contributed by atoms with Gasteiger partial charge in [-0.05, 0) is 23.6 Å². The molecule has 0 spiro atoms. The maximum absolute atomic E-state index is 5.84. The highest BCUT2D eigenvalue weighted by Gasteiger charge is 2.02. The van der Waals surface area contributed by atoms with Gasteiger partial charge in [-0.15, -0.1) is 0 Å². The van der Waals surface area contributed by atoms with Gasteiger partial charge in [0.15, 0.2) is 0 Å². The first kappa shape index (κ1) is 9.00. The van der Waals surface area contributed by atoms with Crippen molar-refractivity contribution in [2.24, 2.45) is 0 Å². The highest BCUT2D eigenvalue weighted by Crippen LogP contribution is 2.23. The lowest BCUT2D eigenvalue weighted by molar-refractivity contribution is 0.868. The van der Waals surface area contributed by atoms with Crippen molar-refractivity contribution in [2.75, 3.05) is 5.73 Å². The zero-order valence-electron chi connectivity index (χ0n) is 8.49. The van der Waals surface area contributed by atoms with Gasteiger partial charge in [-0.2, -0.15) is 0 Å². The molecule has 0 saturated heterocycles. The number of nitrogens with two attached hydrogens (primary N) is 1. The van der Waals surface area contributed by atoms with Crippen LogP contribution in [0.1, 0.15) is 25.3 Å². The summed E-state index contributed by atoms with van der Waals surface area (Å²) in [6.45, 7) is 4.35. The van der Waals surface area contributed by atoms with Crippen LogP contribution < -0.4 is 5.73 Å². The third-order valence-electron chi connectivity index (χ3n) is 2.47. The minimum Gasteiger partial charge on any atom is -0.398 e. The normalized spacial score (nSPS) is 11.1. The minimum atomic E-state index is 0.530. The van der Waals surface area contributed by atoms with Crippen LogP contribution in [0.3, 0.4) is 0 Å². The standard InChI is InChI=1S/C12H14N2/c1-8(2)9-3-4-10-11(13)5-6-14-12(10)7-9/h3-8H,1-2H3,(H2,13,14). The summed E-state index contributed by atoms with van der Waals surface area (Å²) in [7, 11) is 0. The van der Waals surface area contributed by atoms with E-state index < -0.39 is 0 Å². The van der Waals surface area contributed by atoms with Crippen LogP contribution in [0.25, 0.3) is 10.9 Å². The largest absolute Gasteiger partial charge is 0.398 e. The lowest BCUT2D eigenvalue weighted by Gasteiger charge is -2.07. The summed E-state index contributed by atoms with van der Waals surface area (Å²) >= 11 is 0. The van der Waals surface area contributed by atoms with Crippen LogP contribution in [0.15, 0.2) is 30.5 Å². The van der Waals surface area contributed by atoms with Gasteiger partial charge in [0.1, 0.15) is 0 Å². The van der Waals surface area contributed by atoms with Crippen LogP contribution in [0, 0.1) is 0 Å². The number of fused-ring (bicyclic) bond motifs is 1. The average molecular weight is 186 g/mol. The molecule has 0 aliphatic heterocycles. The van der Waals surface area contributed by atoms with Gasteiger partial charge in [-0.1, -0.05) is 26.0 Å². The quantitative estimate of drug-likeness (QED) is 0.743. The fourth-order valence-electron chi connectivity index (χ4n) is 1.55. The van der Waals surface area contributed by atoms with Gasteiger partial charge in [-0.25, -0.2) is 0 Å². The Bertz CT molecular complexity index is 461. The van der Waals surface area contributed by atoms with Gasteiger partial charge < -0.3 is 5.73 Å². The van der Waals surface area contributed by atoms with Crippen LogP contribution in [-0.2, 0) is 0 Å². The molecule has 2 N–H and O–H groups in total. The fraction of sp³-hybridized carbons (Fsp3) is 0.250. The number of pyridine rings is 1. The summed E-state index contributed by atoms with van der Waals surface area (Å²) in [5, 5.41) is 1.04. The number of hydrogen-bond acceptors (Lipinski definition) is 2. The van der Waals surface area contributed by atoms with Gasteiger partial charge in [0, 0.05) is 17.3 Å². The summed E-state index contributed by atoms with van der Waals surface area (Å²) in [6.07, 6.45) is 1.75. The molecular weight excluding hydrogens is 172 g/mol. The Balaban J connectivity index is 2.67. The lowest BCUT2D eigenvalue weighted by atomic mass is 10.0.